The maximum absolute atomic E-state index is 12.1. The van der Waals surface area contributed by atoms with Crippen LogP contribution in [0.4, 0.5) is 5.69 Å². The average molecular weight is 300 g/mol. The molecule has 2 heterocycles. The van der Waals surface area contributed by atoms with E-state index in [0.717, 1.165) is 16.9 Å². The molecule has 0 fully saturated rings. The Bertz CT molecular complexity index is 707. The summed E-state index contributed by atoms with van der Waals surface area (Å²) in [6.45, 7) is -0.366. The number of aliphatic hydroxyl groups is 2. The normalized spacial score (nSPS) is 16.5. The fourth-order valence-electron chi connectivity index (χ4n) is 2.23. The molecule has 2 aromatic rings. The molecule has 0 spiro atoms. The number of fused-ring (bicyclic) bond motifs is 1. The molecule has 0 saturated heterocycles. The zero-order chi connectivity index (χ0) is 15.5. The SMILES string of the molecule is O=C1Nc2ccc(OCC(O)CO)cc2C1=Cc1ccc[nH]1. The second-order valence-electron chi connectivity index (χ2n) is 4.99. The number of ether oxygens (including phenoxy) is 1. The summed E-state index contributed by atoms with van der Waals surface area (Å²) in [5, 5.41) is 20.9. The van der Waals surface area contributed by atoms with E-state index in [-0.39, 0.29) is 19.1 Å². The Morgan fingerprint density at radius 1 is 1.32 bits per heavy atom. The van der Waals surface area contributed by atoms with Crippen LogP contribution in [0.5, 0.6) is 5.75 Å². The largest absolute Gasteiger partial charge is 0.491 e. The van der Waals surface area contributed by atoms with Gasteiger partial charge in [-0.3, -0.25) is 4.79 Å². The first kappa shape index (κ1) is 14.4. The second kappa shape index (κ2) is 6.05. The molecule has 0 bridgehead atoms. The highest BCUT2D eigenvalue weighted by Crippen LogP contribution is 2.35. The summed E-state index contributed by atoms with van der Waals surface area (Å²) < 4.78 is 5.42. The Balaban J connectivity index is 1.87. The van der Waals surface area contributed by atoms with Crippen LogP contribution in [0.2, 0.25) is 0 Å². The van der Waals surface area contributed by atoms with Crippen molar-refractivity contribution in [3.63, 3.8) is 0 Å². The van der Waals surface area contributed by atoms with Gasteiger partial charge in [0.1, 0.15) is 18.5 Å². The lowest BCUT2D eigenvalue weighted by Gasteiger charge is -2.10. The molecular weight excluding hydrogens is 284 g/mol. The first-order valence-electron chi connectivity index (χ1n) is 6.90. The van der Waals surface area contributed by atoms with E-state index < -0.39 is 6.10 Å². The molecule has 0 saturated carbocycles. The summed E-state index contributed by atoms with van der Waals surface area (Å²) in [6, 6.07) is 8.93. The Morgan fingerprint density at radius 2 is 2.18 bits per heavy atom. The van der Waals surface area contributed by atoms with Gasteiger partial charge < -0.3 is 25.3 Å². The number of amides is 1. The van der Waals surface area contributed by atoms with E-state index in [4.69, 9.17) is 9.84 Å². The monoisotopic (exact) mass is 300 g/mol. The lowest BCUT2D eigenvalue weighted by Crippen LogP contribution is -2.21. The molecule has 1 aromatic heterocycles. The number of rotatable bonds is 5. The minimum absolute atomic E-state index is 0.00760. The predicted molar refractivity (Wildman–Crippen MR) is 82.3 cm³/mol. The van der Waals surface area contributed by atoms with Gasteiger partial charge in [0.15, 0.2) is 0 Å². The van der Waals surface area contributed by atoms with Crippen LogP contribution < -0.4 is 10.1 Å². The van der Waals surface area contributed by atoms with Crippen LogP contribution in [-0.4, -0.2) is 40.4 Å². The highest BCUT2D eigenvalue weighted by atomic mass is 16.5. The molecule has 0 radical (unpaired) electrons. The molecule has 22 heavy (non-hydrogen) atoms. The van der Waals surface area contributed by atoms with E-state index in [1.807, 2.05) is 12.1 Å². The number of aliphatic hydroxyl groups excluding tert-OH is 2. The van der Waals surface area contributed by atoms with E-state index in [1.54, 1.807) is 30.5 Å². The summed E-state index contributed by atoms with van der Waals surface area (Å²) in [5.74, 6) is 0.359. The highest BCUT2D eigenvalue weighted by molar-refractivity contribution is 6.34. The topological polar surface area (TPSA) is 94.6 Å². The van der Waals surface area contributed by atoms with E-state index in [2.05, 4.69) is 10.3 Å². The van der Waals surface area contributed by atoms with Crippen molar-refractivity contribution in [3.05, 3.63) is 47.8 Å². The molecule has 3 rings (SSSR count). The van der Waals surface area contributed by atoms with Gasteiger partial charge in [-0.15, -0.1) is 0 Å². The molecule has 1 atom stereocenters. The minimum Gasteiger partial charge on any atom is -0.491 e. The zero-order valence-electron chi connectivity index (χ0n) is 11.7. The van der Waals surface area contributed by atoms with Crippen molar-refractivity contribution in [1.29, 1.82) is 0 Å². The molecule has 0 aliphatic carbocycles. The standard InChI is InChI=1S/C16H16N2O4/c19-8-11(20)9-22-12-3-4-15-13(7-12)14(16(21)18-15)6-10-2-1-5-17-10/h1-7,11,17,19-20H,8-9H2,(H,18,21). The van der Waals surface area contributed by atoms with Gasteiger partial charge in [-0.25, -0.2) is 0 Å². The number of aromatic nitrogens is 1. The van der Waals surface area contributed by atoms with Crippen molar-refractivity contribution in [2.45, 2.75) is 6.10 Å². The third-order valence-electron chi connectivity index (χ3n) is 3.35. The zero-order valence-corrected chi connectivity index (χ0v) is 11.7. The first-order valence-corrected chi connectivity index (χ1v) is 6.90. The Labute approximate surface area is 127 Å². The number of carbonyl (C=O) groups excluding carboxylic acids is 1. The maximum Gasteiger partial charge on any atom is 0.256 e. The van der Waals surface area contributed by atoms with Crippen LogP contribution in [0.25, 0.3) is 11.6 Å². The molecule has 1 aromatic carbocycles. The molecule has 114 valence electrons. The van der Waals surface area contributed by atoms with Gasteiger partial charge >= 0.3 is 0 Å². The average Bonchev–Trinajstić information content (AvgIpc) is 3.14. The fourth-order valence-corrected chi connectivity index (χ4v) is 2.23. The van der Waals surface area contributed by atoms with Crippen molar-refractivity contribution in [3.8, 4) is 5.75 Å². The summed E-state index contributed by atoms with van der Waals surface area (Å²) in [4.78, 5) is 15.1. The third kappa shape index (κ3) is 2.88. The van der Waals surface area contributed by atoms with Crippen LogP contribution in [0.1, 0.15) is 11.3 Å². The smallest absolute Gasteiger partial charge is 0.256 e. The lowest BCUT2D eigenvalue weighted by molar-refractivity contribution is -0.110. The van der Waals surface area contributed by atoms with E-state index in [9.17, 15) is 9.90 Å². The van der Waals surface area contributed by atoms with Crippen molar-refractivity contribution in [1.82, 2.24) is 4.98 Å². The number of nitrogens with one attached hydrogen (secondary N) is 2. The number of carbonyl (C=O) groups is 1. The fraction of sp³-hybridized carbons (Fsp3) is 0.188. The third-order valence-corrected chi connectivity index (χ3v) is 3.35. The molecule has 1 aliphatic heterocycles. The van der Waals surface area contributed by atoms with Gasteiger partial charge in [0.2, 0.25) is 0 Å². The second-order valence-corrected chi connectivity index (χ2v) is 4.99. The summed E-state index contributed by atoms with van der Waals surface area (Å²) in [6.07, 6.45) is 2.63. The number of hydrogen-bond donors (Lipinski definition) is 4. The molecule has 1 aliphatic rings. The Morgan fingerprint density at radius 3 is 2.91 bits per heavy atom. The molecule has 1 unspecified atom stereocenters. The van der Waals surface area contributed by atoms with Crippen LogP contribution in [0.3, 0.4) is 0 Å². The van der Waals surface area contributed by atoms with Gasteiger partial charge in [-0.05, 0) is 36.4 Å². The van der Waals surface area contributed by atoms with Crippen LogP contribution in [0, 0.1) is 0 Å². The van der Waals surface area contributed by atoms with Crippen LogP contribution in [0.15, 0.2) is 36.5 Å². The number of H-pyrrole nitrogens is 1. The molecule has 6 nitrogen and oxygen atoms in total. The van der Waals surface area contributed by atoms with Gasteiger partial charge in [0.05, 0.1) is 12.2 Å². The van der Waals surface area contributed by atoms with Crippen LogP contribution >= 0.6 is 0 Å². The lowest BCUT2D eigenvalue weighted by atomic mass is 10.1. The Hall–Kier alpha value is -2.57. The van der Waals surface area contributed by atoms with E-state index in [0.29, 0.717) is 11.3 Å². The van der Waals surface area contributed by atoms with Gasteiger partial charge in [0.25, 0.3) is 5.91 Å². The first-order chi connectivity index (χ1) is 10.7. The Kier molecular flexibility index (Phi) is 3.95. The molecule has 6 heteroatoms. The van der Waals surface area contributed by atoms with Gasteiger partial charge in [-0.2, -0.15) is 0 Å². The summed E-state index contributed by atoms with van der Waals surface area (Å²) >= 11 is 0. The van der Waals surface area contributed by atoms with Crippen LogP contribution in [-0.2, 0) is 4.79 Å². The van der Waals surface area contributed by atoms with Gasteiger partial charge in [0, 0.05) is 23.1 Å². The number of aromatic amines is 1. The molecule has 1 amide bonds. The van der Waals surface area contributed by atoms with E-state index >= 15 is 0 Å². The number of hydrogen-bond acceptors (Lipinski definition) is 4. The highest BCUT2D eigenvalue weighted by Gasteiger charge is 2.24. The van der Waals surface area contributed by atoms with E-state index in [1.165, 1.54) is 0 Å². The van der Waals surface area contributed by atoms with Gasteiger partial charge in [-0.1, -0.05) is 0 Å². The summed E-state index contributed by atoms with van der Waals surface area (Å²) in [7, 11) is 0. The number of benzene rings is 1. The van der Waals surface area contributed by atoms with Crippen molar-refractivity contribution in [2.75, 3.05) is 18.5 Å². The minimum atomic E-state index is -0.929. The van der Waals surface area contributed by atoms with Crippen molar-refractivity contribution < 1.29 is 19.7 Å². The molecular formula is C16H16N2O4. The summed E-state index contributed by atoms with van der Waals surface area (Å²) in [5.41, 5.74) is 2.85. The quantitative estimate of drug-likeness (QED) is 0.625. The molecule has 4 N–H and O–H groups in total. The number of anilines is 1. The van der Waals surface area contributed by atoms with Crippen molar-refractivity contribution in [2.24, 2.45) is 0 Å². The predicted octanol–water partition coefficient (Wildman–Crippen LogP) is 1.24. The maximum atomic E-state index is 12.1. The van der Waals surface area contributed by atoms with Crippen molar-refractivity contribution >= 4 is 23.2 Å².